The predicted molar refractivity (Wildman–Crippen MR) is 161 cm³/mol. The summed E-state index contributed by atoms with van der Waals surface area (Å²) in [6, 6.07) is 11.0. The first-order valence-corrected chi connectivity index (χ1v) is 15.1. The van der Waals surface area contributed by atoms with Crippen molar-refractivity contribution < 1.29 is 62.2 Å². The standard InChI is InChI=1S/C24H18N6O14S3/c1-11(31)25-13-2-4-14(5-3-13)26-28-21-18(46-44-42-37)8-12-9-19(47(38,39)40)22(24(33)20(12)23(21)32)29-27-16-7-6-15(30(34)35)10-17(16)45-43-41-36/h2-10,32-33,36-37H,1H3,(H,25,31)(H,38,39,40). The molecule has 246 valence electrons. The minimum absolute atomic E-state index is 0.128. The first kappa shape index (κ1) is 35.0. The molecule has 20 nitrogen and oxygen atoms in total. The van der Waals surface area contributed by atoms with Gasteiger partial charge in [0.15, 0.2) is 11.5 Å². The molecule has 0 bridgehead atoms. The molecule has 6 N–H and O–H groups in total. The third-order valence-electron chi connectivity index (χ3n) is 5.70. The van der Waals surface area contributed by atoms with Gasteiger partial charge in [-0.05, 0) is 47.9 Å². The summed E-state index contributed by atoms with van der Waals surface area (Å²) >= 11 is 0.569. The Hall–Kier alpha value is -4.82. The van der Waals surface area contributed by atoms with Gasteiger partial charge in [-0.3, -0.25) is 19.5 Å². The number of carbonyl (C=O) groups is 1. The van der Waals surface area contributed by atoms with E-state index in [-0.39, 0.29) is 50.2 Å². The lowest BCUT2D eigenvalue weighted by Crippen LogP contribution is -2.04. The van der Waals surface area contributed by atoms with Crippen molar-refractivity contribution >= 4 is 85.0 Å². The van der Waals surface area contributed by atoms with Crippen molar-refractivity contribution in [1.29, 1.82) is 0 Å². The molecule has 0 spiro atoms. The van der Waals surface area contributed by atoms with Crippen molar-refractivity contribution in [1.82, 2.24) is 0 Å². The number of azo groups is 2. The Kier molecular flexibility index (Phi) is 11.3. The van der Waals surface area contributed by atoms with Gasteiger partial charge >= 0.3 is 0 Å². The van der Waals surface area contributed by atoms with E-state index in [0.717, 1.165) is 30.3 Å². The van der Waals surface area contributed by atoms with Crippen LogP contribution in [0.25, 0.3) is 10.8 Å². The zero-order valence-electron chi connectivity index (χ0n) is 23.1. The van der Waals surface area contributed by atoms with Crippen LogP contribution < -0.4 is 5.32 Å². The van der Waals surface area contributed by atoms with Crippen molar-refractivity contribution in [3.63, 3.8) is 0 Å². The fourth-order valence-electron chi connectivity index (χ4n) is 3.81. The molecule has 0 aromatic heterocycles. The number of benzene rings is 4. The lowest BCUT2D eigenvalue weighted by molar-refractivity contribution is -0.432. The normalized spacial score (nSPS) is 11.9. The second-order valence-corrected chi connectivity index (χ2v) is 11.6. The maximum Gasteiger partial charge on any atom is 0.296 e. The van der Waals surface area contributed by atoms with E-state index in [1.807, 2.05) is 0 Å². The number of fused-ring (bicyclic) bond motifs is 1. The van der Waals surface area contributed by atoms with Crippen LogP contribution in [0.5, 0.6) is 11.5 Å². The topological polar surface area (TPSA) is 294 Å². The minimum atomic E-state index is -5.14. The molecule has 1 amide bonds. The molecule has 4 rings (SSSR count). The van der Waals surface area contributed by atoms with Gasteiger partial charge < -0.3 is 15.5 Å². The summed E-state index contributed by atoms with van der Waals surface area (Å²) in [5, 5.41) is 75.2. The van der Waals surface area contributed by atoms with Gasteiger partial charge in [0.1, 0.15) is 22.0 Å². The molecule has 0 atom stereocenters. The van der Waals surface area contributed by atoms with Crippen LogP contribution >= 0.6 is 24.1 Å². The number of non-ortho nitro benzene ring substituents is 1. The number of hydrogen-bond donors (Lipinski definition) is 6. The Labute approximate surface area is 270 Å². The molecule has 4 aromatic carbocycles. The fraction of sp³-hybridized carbons (Fsp3) is 0.0417. The Morgan fingerprint density at radius 1 is 0.872 bits per heavy atom. The summed E-state index contributed by atoms with van der Waals surface area (Å²) < 4.78 is 43.4. The lowest BCUT2D eigenvalue weighted by Gasteiger charge is -2.13. The number of nitro benzene ring substituents is 1. The van der Waals surface area contributed by atoms with Crippen molar-refractivity contribution in [3.05, 3.63) is 64.7 Å². The van der Waals surface area contributed by atoms with Crippen molar-refractivity contribution in [2.24, 2.45) is 20.5 Å². The molecule has 0 saturated carbocycles. The Morgan fingerprint density at radius 2 is 1.49 bits per heavy atom. The second-order valence-electron chi connectivity index (χ2n) is 8.71. The quantitative estimate of drug-likeness (QED) is 0.0202. The summed E-state index contributed by atoms with van der Waals surface area (Å²) in [5.41, 5.74) is -1.20. The average molecular weight is 711 g/mol. The van der Waals surface area contributed by atoms with E-state index in [1.54, 1.807) is 0 Å². The maximum atomic E-state index is 12.3. The average Bonchev–Trinajstić information content (AvgIpc) is 3.01. The number of rotatable bonds is 13. The molecule has 47 heavy (non-hydrogen) atoms. The summed E-state index contributed by atoms with van der Waals surface area (Å²) in [6.45, 7) is 1.32. The van der Waals surface area contributed by atoms with E-state index < -0.39 is 48.2 Å². The Bertz CT molecular complexity index is 2010. The molecule has 0 saturated heterocycles. The monoisotopic (exact) mass is 710 g/mol. The van der Waals surface area contributed by atoms with Gasteiger partial charge in [0.2, 0.25) is 5.91 Å². The van der Waals surface area contributed by atoms with Gasteiger partial charge in [0, 0.05) is 24.7 Å². The molecular weight excluding hydrogens is 692 g/mol. The third kappa shape index (κ3) is 8.51. The number of carbonyl (C=O) groups excluding carboxylic acids is 1. The fourth-order valence-corrected chi connectivity index (χ4v) is 5.43. The van der Waals surface area contributed by atoms with Gasteiger partial charge in [0.05, 0.1) is 49.9 Å². The molecule has 0 radical (unpaired) electrons. The molecule has 0 aliphatic carbocycles. The highest BCUT2D eigenvalue weighted by molar-refractivity contribution is 7.95. The molecule has 0 unspecified atom stereocenters. The Balaban J connectivity index is 1.89. The number of amides is 1. The Morgan fingerprint density at radius 3 is 2.09 bits per heavy atom. The number of nitrogens with zero attached hydrogens (tertiary/aromatic N) is 5. The summed E-state index contributed by atoms with van der Waals surface area (Å²) in [6.07, 6.45) is 0. The van der Waals surface area contributed by atoms with E-state index >= 15 is 0 Å². The van der Waals surface area contributed by atoms with Gasteiger partial charge in [0.25, 0.3) is 15.8 Å². The van der Waals surface area contributed by atoms with Crippen LogP contribution in [0.1, 0.15) is 6.92 Å². The number of nitro groups is 1. The van der Waals surface area contributed by atoms with Gasteiger partial charge in [-0.1, -0.05) is 10.1 Å². The highest BCUT2D eigenvalue weighted by Crippen LogP contribution is 2.51. The number of phenols is 2. The molecule has 0 fully saturated rings. The van der Waals surface area contributed by atoms with E-state index in [1.165, 1.54) is 31.2 Å². The van der Waals surface area contributed by atoms with Crippen molar-refractivity contribution in [2.75, 3.05) is 5.32 Å². The van der Waals surface area contributed by atoms with E-state index in [4.69, 9.17) is 10.5 Å². The smallest absolute Gasteiger partial charge is 0.296 e. The van der Waals surface area contributed by atoms with Crippen LogP contribution in [-0.2, 0) is 33.7 Å². The zero-order valence-corrected chi connectivity index (χ0v) is 25.5. The summed E-state index contributed by atoms with van der Waals surface area (Å²) in [7, 11) is -5.14. The SMILES string of the molecule is CC(=O)Nc1ccc(N=Nc2c(SOOO)cc3cc(S(=O)(=O)O)c(N=Nc4ccc([N+](=O)[O-])cc4SOOO)c(O)c3c2O)cc1. The van der Waals surface area contributed by atoms with E-state index in [9.17, 15) is 38.1 Å². The van der Waals surface area contributed by atoms with Crippen LogP contribution in [-0.4, -0.2) is 44.5 Å². The lowest BCUT2D eigenvalue weighted by atomic mass is 10.1. The number of anilines is 1. The molecule has 0 aliphatic heterocycles. The van der Waals surface area contributed by atoms with Gasteiger partial charge in [-0.15, -0.1) is 24.0 Å². The van der Waals surface area contributed by atoms with Crippen LogP contribution in [0.4, 0.5) is 34.1 Å². The highest BCUT2D eigenvalue weighted by atomic mass is 32.2. The van der Waals surface area contributed by atoms with Crippen molar-refractivity contribution in [2.45, 2.75) is 21.6 Å². The number of hydrogen-bond acceptors (Lipinski definition) is 19. The van der Waals surface area contributed by atoms with Crippen LogP contribution in [0, 0.1) is 10.1 Å². The molecule has 23 heteroatoms. The first-order chi connectivity index (χ1) is 22.3. The maximum absolute atomic E-state index is 12.3. The largest absolute Gasteiger partial charge is 0.505 e. The summed E-state index contributed by atoms with van der Waals surface area (Å²) in [5.74, 6) is -2.13. The van der Waals surface area contributed by atoms with Gasteiger partial charge in [-0.25, -0.2) is 10.5 Å². The van der Waals surface area contributed by atoms with Crippen LogP contribution in [0.3, 0.4) is 0 Å². The zero-order chi connectivity index (χ0) is 34.3. The second kappa shape index (κ2) is 15.2. The minimum Gasteiger partial charge on any atom is -0.505 e. The number of aromatic hydroxyl groups is 2. The summed E-state index contributed by atoms with van der Waals surface area (Å²) in [4.78, 5) is 20.4. The van der Waals surface area contributed by atoms with Crippen LogP contribution in [0.2, 0.25) is 0 Å². The molecule has 0 aliphatic rings. The molecule has 0 heterocycles. The number of nitrogens with one attached hydrogen (secondary N) is 1. The molecule has 4 aromatic rings. The van der Waals surface area contributed by atoms with E-state index in [2.05, 4.69) is 44.5 Å². The van der Waals surface area contributed by atoms with Crippen LogP contribution in [0.15, 0.2) is 89.7 Å². The first-order valence-electron chi connectivity index (χ1n) is 12.2. The highest BCUT2D eigenvalue weighted by Gasteiger charge is 2.27. The van der Waals surface area contributed by atoms with E-state index in [0.29, 0.717) is 17.7 Å². The predicted octanol–water partition coefficient (Wildman–Crippen LogP) is 7.05. The van der Waals surface area contributed by atoms with Crippen molar-refractivity contribution in [3.8, 4) is 11.5 Å². The third-order valence-corrected chi connectivity index (χ3v) is 7.82. The number of phenolic OH excluding ortho intramolecular Hbond substituents is 2. The van der Waals surface area contributed by atoms with Gasteiger partial charge in [-0.2, -0.15) is 13.5 Å². The molecular formula is C24H18N6O14S3.